The van der Waals surface area contributed by atoms with Gasteiger partial charge in [0.1, 0.15) is 0 Å². The molecule has 2 aromatic rings. The maximum Gasteiger partial charge on any atom is 0.182 e. The van der Waals surface area contributed by atoms with Gasteiger partial charge < -0.3 is 0 Å². The van der Waals surface area contributed by atoms with E-state index in [0.29, 0.717) is 0 Å². The fraction of sp³-hybridized carbons (Fsp3) is 0. The highest BCUT2D eigenvalue weighted by molar-refractivity contribution is 9.11. The highest BCUT2D eigenvalue weighted by Gasteiger charge is 2.02. The second-order valence-electron chi connectivity index (χ2n) is 2.00. The largest absolute Gasteiger partial charge is 0.277 e. The lowest BCUT2D eigenvalue weighted by Gasteiger charge is -1.96. The lowest BCUT2D eigenvalue weighted by Crippen LogP contribution is -1.89. The second-order valence-corrected chi connectivity index (χ2v) is 3.56. The molecule has 2 heterocycles. The number of nitrogens with zero attached hydrogens (tertiary/aromatic N) is 3. The Hall–Kier alpha value is -0.420. The van der Waals surface area contributed by atoms with Crippen molar-refractivity contribution in [3.8, 4) is 0 Å². The molecule has 11 heavy (non-hydrogen) atoms. The predicted octanol–water partition coefficient (Wildman–Crippen LogP) is 2.25. The third kappa shape index (κ3) is 1.08. The van der Waals surface area contributed by atoms with Crippen LogP contribution in [0.15, 0.2) is 27.8 Å². The Morgan fingerprint density at radius 3 is 2.82 bits per heavy atom. The molecule has 3 nitrogen and oxygen atoms in total. The third-order valence-electron chi connectivity index (χ3n) is 1.34. The Bertz CT molecular complexity index is 360. The molecule has 0 aliphatic heterocycles. The van der Waals surface area contributed by atoms with E-state index in [1.54, 1.807) is 12.4 Å². The van der Waals surface area contributed by atoms with Crippen LogP contribution in [0.5, 0.6) is 0 Å². The summed E-state index contributed by atoms with van der Waals surface area (Å²) in [6.07, 6.45) is 5.29. The first-order valence-electron chi connectivity index (χ1n) is 2.92. The van der Waals surface area contributed by atoms with Crippen LogP contribution in [-0.2, 0) is 0 Å². The average Bonchev–Trinajstić information content (AvgIpc) is 2.45. The monoisotopic (exact) mass is 275 g/mol. The number of hydrogen-bond acceptors (Lipinski definition) is 2. The summed E-state index contributed by atoms with van der Waals surface area (Å²) in [6, 6.07) is 0. The van der Waals surface area contributed by atoms with Crippen molar-refractivity contribution >= 4 is 37.5 Å². The number of hydrogen-bond donors (Lipinski definition) is 0. The molecular weight excluding hydrogens is 274 g/mol. The van der Waals surface area contributed by atoms with E-state index in [9.17, 15) is 0 Å². The van der Waals surface area contributed by atoms with E-state index in [1.807, 2.05) is 10.6 Å². The van der Waals surface area contributed by atoms with E-state index in [0.717, 1.165) is 14.9 Å². The van der Waals surface area contributed by atoms with Crippen molar-refractivity contribution in [3.05, 3.63) is 27.8 Å². The molecule has 5 heteroatoms. The molecule has 0 spiro atoms. The quantitative estimate of drug-likeness (QED) is 0.691. The van der Waals surface area contributed by atoms with Crippen molar-refractivity contribution in [2.75, 3.05) is 0 Å². The Labute approximate surface area is 79.7 Å². The lowest BCUT2D eigenvalue weighted by molar-refractivity contribution is 1.03. The fourth-order valence-electron chi connectivity index (χ4n) is 0.859. The van der Waals surface area contributed by atoms with Crippen molar-refractivity contribution in [1.29, 1.82) is 0 Å². The molecule has 0 unspecified atom stereocenters. The first kappa shape index (κ1) is 7.24. The molecule has 0 bridgehead atoms. The predicted molar refractivity (Wildman–Crippen MR) is 48.4 cm³/mol. The number of halogens is 2. The normalized spacial score (nSPS) is 10.7. The molecule has 0 aromatic carbocycles. The molecule has 2 rings (SSSR count). The maximum absolute atomic E-state index is 4.13. The highest BCUT2D eigenvalue weighted by atomic mass is 79.9. The summed E-state index contributed by atoms with van der Waals surface area (Å²) in [6.45, 7) is 0. The Kier molecular flexibility index (Phi) is 1.69. The zero-order chi connectivity index (χ0) is 7.84. The van der Waals surface area contributed by atoms with E-state index < -0.39 is 0 Å². The highest BCUT2D eigenvalue weighted by Crippen LogP contribution is 2.18. The summed E-state index contributed by atoms with van der Waals surface area (Å²) in [4.78, 5) is 8.20. The fourth-order valence-corrected chi connectivity index (χ4v) is 1.64. The van der Waals surface area contributed by atoms with Crippen LogP contribution in [0.4, 0.5) is 0 Å². The molecule has 0 amide bonds. The second kappa shape index (κ2) is 2.57. The van der Waals surface area contributed by atoms with Crippen molar-refractivity contribution in [2.45, 2.75) is 0 Å². The molecule has 2 aromatic heterocycles. The van der Waals surface area contributed by atoms with Gasteiger partial charge in [0.2, 0.25) is 0 Å². The van der Waals surface area contributed by atoms with Gasteiger partial charge in [-0.2, -0.15) is 0 Å². The molecule has 0 N–H and O–H groups in total. The van der Waals surface area contributed by atoms with Gasteiger partial charge in [-0.15, -0.1) is 0 Å². The minimum atomic E-state index is 0.758. The number of rotatable bonds is 0. The Morgan fingerprint density at radius 1 is 1.27 bits per heavy atom. The average molecular weight is 277 g/mol. The molecule has 0 fully saturated rings. The summed E-state index contributed by atoms with van der Waals surface area (Å²) >= 11 is 6.64. The minimum Gasteiger partial charge on any atom is -0.277 e. The van der Waals surface area contributed by atoms with E-state index in [4.69, 9.17) is 0 Å². The zero-order valence-electron chi connectivity index (χ0n) is 5.33. The SMILES string of the molecule is Brc1cnc(Br)n2ccnc12. The molecule has 0 saturated heterocycles. The van der Waals surface area contributed by atoms with Crippen LogP contribution < -0.4 is 0 Å². The first-order chi connectivity index (χ1) is 5.29. The van der Waals surface area contributed by atoms with Crippen molar-refractivity contribution < 1.29 is 0 Å². The van der Waals surface area contributed by atoms with Gasteiger partial charge in [0.25, 0.3) is 0 Å². The summed E-state index contributed by atoms with van der Waals surface area (Å²) in [7, 11) is 0. The van der Waals surface area contributed by atoms with Gasteiger partial charge in [0, 0.05) is 18.6 Å². The van der Waals surface area contributed by atoms with Crippen LogP contribution in [0.2, 0.25) is 0 Å². The summed E-state index contributed by atoms with van der Waals surface area (Å²) in [5.41, 5.74) is 0.867. The number of fused-ring (bicyclic) bond motifs is 1. The van der Waals surface area contributed by atoms with Crippen molar-refractivity contribution in [2.24, 2.45) is 0 Å². The minimum absolute atomic E-state index is 0.758. The summed E-state index contributed by atoms with van der Waals surface area (Å²) in [5, 5.41) is 0. The Morgan fingerprint density at radius 2 is 2.09 bits per heavy atom. The lowest BCUT2D eigenvalue weighted by atomic mass is 10.6. The van der Waals surface area contributed by atoms with Gasteiger partial charge in [0.15, 0.2) is 10.4 Å². The summed E-state index contributed by atoms with van der Waals surface area (Å²) < 4.78 is 3.50. The summed E-state index contributed by atoms with van der Waals surface area (Å²) in [5.74, 6) is 0. The zero-order valence-corrected chi connectivity index (χ0v) is 8.50. The van der Waals surface area contributed by atoms with Crippen molar-refractivity contribution in [1.82, 2.24) is 14.4 Å². The number of imidazole rings is 1. The van der Waals surface area contributed by atoms with Gasteiger partial charge in [0.05, 0.1) is 4.47 Å². The van der Waals surface area contributed by atoms with E-state index in [-0.39, 0.29) is 0 Å². The first-order valence-corrected chi connectivity index (χ1v) is 4.50. The molecule has 0 atom stereocenters. The maximum atomic E-state index is 4.13. The standard InChI is InChI=1S/C6H3Br2N3/c7-4-3-10-6(8)11-2-1-9-5(4)11/h1-3H. The topological polar surface area (TPSA) is 30.2 Å². The van der Waals surface area contributed by atoms with Crippen LogP contribution in [0.3, 0.4) is 0 Å². The molecule has 56 valence electrons. The Balaban J connectivity index is 2.96. The van der Waals surface area contributed by atoms with Crippen LogP contribution in [0.1, 0.15) is 0 Å². The van der Waals surface area contributed by atoms with Gasteiger partial charge in [-0.3, -0.25) is 4.40 Å². The molecule has 0 aliphatic carbocycles. The van der Waals surface area contributed by atoms with Gasteiger partial charge in [-0.05, 0) is 31.9 Å². The van der Waals surface area contributed by atoms with E-state index in [2.05, 4.69) is 41.8 Å². The molecule has 0 saturated carbocycles. The van der Waals surface area contributed by atoms with Gasteiger partial charge in [-0.1, -0.05) is 0 Å². The van der Waals surface area contributed by atoms with Gasteiger partial charge >= 0.3 is 0 Å². The van der Waals surface area contributed by atoms with Crippen LogP contribution in [-0.4, -0.2) is 14.4 Å². The smallest absolute Gasteiger partial charge is 0.182 e. The van der Waals surface area contributed by atoms with Crippen LogP contribution >= 0.6 is 31.9 Å². The van der Waals surface area contributed by atoms with Crippen LogP contribution in [0, 0.1) is 0 Å². The van der Waals surface area contributed by atoms with Gasteiger partial charge in [-0.25, -0.2) is 9.97 Å². The molecule has 0 aliphatic rings. The third-order valence-corrected chi connectivity index (χ3v) is 2.48. The van der Waals surface area contributed by atoms with Crippen LogP contribution in [0.25, 0.3) is 5.65 Å². The van der Waals surface area contributed by atoms with E-state index in [1.165, 1.54) is 0 Å². The molecular formula is C6H3Br2N3. The molecule has 0 radical (unpaired) electrons. The van der Waals surface area contributed by atoms with E-state index >= 15 is 0 Å². The number of aromatic nitrogens is 3. The van der Waals surface area contributed by atoms with Crippen molar-refractivity contribution in [3.63, 3.8) is 0 Å².